The molecule has 0 aliphatic carbocycles. The van der Waals surface area contributed by atoms with Crippen LogP contribution in [0.5, 0.6) is 0 Å². The zero-order valence-corrected chi connectivity index (χ0v) is 18.3. The lowest BCUT2D eigenvalue weighted by Crippen LogP contribution is -2.63. The van der Waals surface area contributed by atoms with Gasteiger partial charge in [0.05, 0.1) is 6.04 Å². The molecule has 2 aliphatic heterocycles. The van der Waals surface area contributed by atoms with Crippen molar-refractivity contribution in [3.8, 4) is 0 Å². The summed E-state index contributed by atoms with van der Waals surface area (Å²) in [5.41, 5.74) is -0.768. The number of carboxylic acids is 1. The standard InChI is InChI=1S/C22H28F2N2O6/c1-22(2,3)32-21(30)26-11-17(14-8-15(23)10-16(24)9-14)25(12-18(27)28)20(29)19(26)13-4-6-31-7-5-13/h8-10,13,17,19H,4-7,11-12H2,1-3H3,(H,27,28). The van der Waals surface area contributed by atoms with E-state index >= 15 is 0 Å². The van der Waals surface area contributed by atoms with Crippen molar-refractivity contribution in [1.82, 2.24) is 9.80 Å². The van der Waals surface area contributed by atoms with E-state index in [1.165, 1.54) is 4.90 Å². The highest BCUT2D eigenvalue weighted by molar-refractivity contribution is 5.90. The van der Waals surface area contributed by atoms with Gasteiger partial charge in [0, 0.05) is 25.8 Å². The minimum Gasteiger partial charge on any atom is -0.480 e. The first-order chi connectivity index (χ1) is 15.0. The van der Waals surface area contributed by atoms with Crippen molar-refractivity contribution in [3.05, 3.63) is 35.4 Å². The van der Waals surface area contributed by atoms with E-state index in [0.717, 1.165) is 17.0 Å². The van der Waals surface area contributed by atoms with E-state index in [0.29, 0.717) is 32.1 Å². The van der Waals surface area contributed by atoms with Gasteiger partial charge in [-0.25, -0.2) is 13.6 Å². The zero-order valence-electron chi connectivity index (χ0n) is 18.3. The Morgan fingerprint density at radius 2 is 1.75 bits per heavy atom. The van der Waals surface area contributed by atoms with E-state index in [2.05, 4.69) is 0 Å². The van der Waals surface area contributed by atoms with E-state index in [-0.39, 0.29) is 18.0 Å². The van der Waals surface area contributed by atoms with Gasteiger partial charge in [0.15, 0.2) is 0 Å². The van der Waals surface area contributed by atoms with Gasteiger partial charge < -0.3 is 19.5 Å². The van der Waals surface area contributed by atoms with Crippen molar-refractivity contribution in [2.45, 2.75) is 51.3 Å². The van der Waals surface area contributed by atoms with Crippen molar-refractivity contribution in [3.63, 3.8) is 0 Å². The number of rotatable bonds is 4. The molecule has 1 aromatic carbocycles. The smallest absolute Gasteiger partial charge is 0.411 e. The fourth-order valence-corrected chi connectivity index (χ4v) is 4.24. The second-order valence-corrected chi connectivity index (χ2v) is 9.11. The molecule has 2 heterocycles. The molecule has 2 fully saturated rings. The molecule has 0 radical (unpaired) electrons. The minimum atomic E-state index is -1.27. The molecule has 1 aromatic rings. The van der Waals surface area contributed by atoms with Gasteiger partial charge in [-0.2, -0.15) is 0 Å². The van der Waals surface area contributed by atoms with Gasteiger partial charge in [0.25, 0.3) is 0 Å². The number of carboxylic acid groups (broad SMARTS) is 1. The minimum absolute atomic E-state index is 0.0658. The SMILES string of the molecule is CC(C)(C)OC(=O)N1CC(c2cc(F)cc(F)c2)N(CC(=O)O)C(=O)C1C1CCOCC1. The summed E-state index contributed by atoms with van der Waals surface area (Å²) in [6.07, 6.45) is 0.283. The number of hydrogen-bond donors (Lipinski definition) is 1. The average Bonchev–Trinajstić information content (AvgIpc) is 2.67. The Kier molecular flexibility index (Phi) is 7.02. The lowest BCUT2D eigenvalue weighted by molar-refractivity contribution is -0.157. The van der Waals surface area contributed by atoms with Crippen LogP contribution in [0.1, 0.15) is 45.2 Å². The summed E-state index contributed by atoms with van der Waals surface area (Å²) in [6.45, 7) is 5.08. The molecule has 32 heavy (non-hydrogen) atoms. The van der Waals surface area contributed by atoms with Crippen LogP contribution in [-0.2, 0) is 19.1 Å². The fourth-order valence-electron chi connectivity index (χ4n) is 4.24. The number of benzene rings is 1. The quantitative estimate of drug-likeness (QED) is 0.752. The number of ether oxygens (including phenoxy) is 2. The molecule has 2 aliphatic rings. The Hall–Kier alpha value is -2.75. The molecular weight excluding hydrogens is 426 g/mol. The van der Waals surface area contributed by atoms with Crippen LogP contribution < -0.4 is 0 Å². The number of aliphatic carboxylic acids is 1. The van der Waals surface area contributed by atoms with Crippen LogP contribution in [0.15, 0.2) is 18.2 Å². The fraction of sp³-hybridized carbons (Fsp3) is 0.591. The maximum atomic E-state index is 13.9. The maximum absolute atomic E-state index is 13.9. The number of carbonyl (C=O) groups is 3. The van der Waals surface area contributed by atoms with Crippen LogP contribution in [0.3, 0.4) is 0 Å². The van der Waals surface area contributed by atoms with Crippen LogP contribution in [-0.4, -0.2) is 70.8 Å². The first kappa shape index (κ1) is 23.9. The molecule has 176 valence electrons. The van der Waals surface area contributed by atoms with E-state index in [1.54, 1.807) is 20.8 Å². The summed E-state index contributed by atoms with van der Waals surface area (Å²) in [7, 11) is 0. The summed E-state index contributed by atoms with van der Waals surface area (Å²) in [5.74, 6) is -3.84. The van der Waals surface area contributed by atoms with Crippen LogP contribution in [0.25, 0.3) is 0 Å². The largest absolute Gasteiger partial charge is 0.480 e. The third-order valence-corrected chi connectivity index (χ3v) is 5.53. The van der Waals surface area contributed by atoms with Crippen LogP contribution in [0.2, 0.25) is 0 Å². The molecule has 0 saturated carbocycles. The van der Waals surface area contributed by atoms with E-state index in [1.807, 2.05) is 0 Å². The van der Waals surface area contributed by atoms with Gasteiger partial charge in [-0.1, -0.05) is 0 Å². The van der Waals surface area contributed by atoms with Gasteiger partial charge in [0.1, 0.15) is 29.8 Å². The second-order valence-electron chi connectivity index (χ2n) is 9.11. The molecule has 3 rings (SSSR count). The number of amides is 2. The Bertz CT molecular complexity index is 861. The van der Waals surface area contributed by atoms with E-state index in [9.17, 15) is 28.3 Å². The molecule has 2 unspecified atom stereocenters. The van der Waals surface area contributed by atoms with Crippen molar-refractivity contribution in [2.24, 2.45) is 5.92 Å². The summed E-state index contributed by atoms with van der Waals surface area (Å²) in [4.78, 5) is 40.6. The number of halogens is 2. The number of piperazine rings is 1. The van der Waals surface area contributed by atoms with Gasteiger partial charge >= 0.3 is 12.1 Å². The maximum Gasteiger partial charge on any atom is 0.411 e. The molecule has 0 bridgehead atoms. The Morgan fingerprint density at radius 1 is 1.16 bits per heavy atom. The van der Waals surface area contributed by atoms with Crippen molar-refractivity contribution in [2.75, 3.05) is 26.3 Å². The van der Waals surface area contributed by atoms with E-state index in [4.69, 9.17) is 9.47 Å². The third-order valence-electron chi connectivity index (χ3n) is 5.53. The molecular formula is C22H28F2N2O6. The van der Waals surface area contributed by atoms with Gasteiger partial charge in [-0.05, 0) is 57.2 Å². The topological polar surface area (TPSA) is 96.4 Å². The highest BCUT2D eigenvalue weighted by atomic mass is 19.1. The van der Waals surface area contributed by atoms with Crippen LogP contribution >= 0.6 is 0 Å². The highest BCUT2D eigenvalue weighted by Gasteiger charge is 2.48. The molecule has 8 nitrogen and oxygen atoms in total. The highest BCUT2D eigenvalue weighted by Crippen LogP contribution is 2.35. The molecule has 0 spiro atoms. The van der Waals surface area contributed by atoms with Gasteiger partial charge in [-0.15, -0.1) is 0 Å². The molecule has 0 aromatic heterocycles. The monoisotopic (exact) mass is 454 g/mol. The van der Waals surface area contributed by atoms with Crippen molar-refractivity contribution in [1.29, 1.82) is 0 Å². The Labute approximate surface area is 185 Å². The number of hydrogen-bond acceptors (Lipinski definition) is 5. The molecule has 1 N–H and O–H groups in total. The lowest BCUT2D eigenvalue weighted by atomic mass is 9.86. The van der Waals surface area contributed by atoms with Crippen LogP contribution in [0, 0.1) is 17.6 Å². The van der Waals surface area contributed by atoms with Gasteiger partial charge in [-0.3, -0.25) is 14.5 Å². The molecule has 10 heteroatoms. The lowest BCUT2D eigenvalue weighted by Gasteiger charge is -2.48. The molecule has 2 amide bonds. The average molecular weight is 454 g/mol. The molecule has 2 saturated heterocycles. The normalized spacial score (nSPS) is 22.7. The Balaban J connectivity index is 2.04. The Morgan fingerprint density at radius 3 is 2.28 bits per heavy atom. The first-order valence-electron chi connectivity index (χ1n) is 10.5. The third kappa shape index (κ3) is 5.53. The summed E-state index contributed by atoms with van der Waals surface area (Å²) >= 11 is 0. The number of nitrogens with zero attached hydrogens (tertiary/aromatic N) is 2. The van der Waals surface area contributed by atoms with Crippen LogP contribution in [0.4, 0.5) is 13.6 Å². The summed E-state index contributed by atoms with van der Waals surface area (Å²) < 4.78 is 38.8. The van der Waals surface area contributed by atoms with Gasteiger partial charge in [0.2, 0.25) is 5.91 Å². The number of carbonyl (C=O) groups excluding carboxylic acids is 2. The van der Waals surface area contributed by atoms with Crippen molar-refractivity contribution < 1.29 is 37.7 Å². The van der Waals surface area contributed by atoms with E-state index < -0.39 is 53.8 Å². The summed E-state index contributed by atoms with van der Waals surface area (Å²) in [5, 5.41) is 9.41. The van der Waals surface area contributed by atoms with Crippen molar-refractivity contribution >= 4 is 18.0 Å². The zero-order chi connectivity index (χ0) is 23.6. The predicted octanol–water partition coefficient (Wildman–Crippen LogP) is 2.97. The summed E-state index contributed by atoms with van der Waals surface area (Å²) in [6, 6.07) is 0.761. The second kappa shape index (κ2) is 9.40. The molecule has 2 atom stereocenters. The first-order valence-corrected chi connectivity index (χ1v) is 10.5. The predicted molar refractivity (Wildman–Crippen MR) is 109 cm³/mol.